The number of alkyl carbamates (subject to hydrolysis) is 1. The molecule has 3 fully saturated rings. The zero-order valence-electron chi connectivity index (χ0n) is 26.5. The van der Waals surface area contributed by atoms with Crippen LogP contribution in [0.1, 0.15) is 63.0 Å². The van der Waals surface area contributed by atoms with E-state index in [1.807, 2.05) is 4.90 Å². The highest BCUT2D eigenvalue weighted by molar-refractivity contribution is 7.89. The van der Waals surface area contributed by atoms with E-state index < -0.39 is 33.7 Å². The van der Waals surface area contributed by atoms with Crippen molar-refractivity contribution in [3.05, 3.63) is 77.7 Å². The first-order chi connectivity index (χ1) is 22.2. The molecule has 1 aliphatic carbocycles. The van der Waals surface area contributed by atoms with Gasteiger partial charge in [-0.05, 0) is 57.9 Å². The van der Waals surface area contributed by atoms with E-state index in [0.717, 1.165) is 12.8 Å². The molecule has 1 atom stereocenters. The molecular weight excluding hydrogens is 630 g/mol. The number of alkyl halides is 2. The van der Waals surface area contributed by atoms with Crippen LogP contribution in [0, 0.1) is 0 Å². The Bertz CT molecular complexity index is 1740. The fourth-order valence-electron chi connectivity index (χ4n) is 5.73. The summed E-state index contributed by atoms with van der Waals surface area (Å²) >= 11 is 0. The zero-order valence-corrected chi connectivity index (χ0v) is 27.3. The maximum absolute atomic E-state index is 15.5. The van der Waals surface area contributed by atoms with Crippen LogP contribution in [0.3, 0.4) is 0 Å². The number of sulfonamides is 1. The molecule has 2 aromatic carbocycles. The zero-order chi connectivity index (χ0) is 33.6. The standard InChI is InChI=1S/C33H38F2N6O5S/c1-32(2,3)46-31(43)36-24-19-29(42)41(21-24)25-11-13-26(14-12-25)47(44,45)40-17-15-39(16-18-40)28-20-27(37-30(38-28)22-9-10-22)33(34,35)23-7-5-4-6-8-23/h4-8,11-14,20,22,24H,9-10,15-19,21H2,1-3H3,(H,36,43). The van der Waals surface area contributed by atoms with Crippen molar-refractivity contribution in [3.8, 4) is 0 Å². The van der Waals surface area contributed by atoms with Crippen molar-refractivity contribution in [2.24, 2.45) is 0 Å². The smallest absolute Gasteiger partial charge is 0.407 e. The van der Waals surface area contributed by atoms with E-state index in [1.54, 1.807) is 51.1 Å². The maximum atomic E-state index is 15.5. The number of aromatic nitrogens is 2. The fraction of sp³-hybridized carbons (Fsp3) is 0.455. The van der Waals surface area contributed by atoms with Crippen molar-refractivity contribution in [2.45, 2.75) is 68.4 Å². The second-order valence-corrected chi connectivity index (χ2v) is 15.1. The van der Waals surface area contributed by atoms with E-state index >= 15 is 8.78 Å². The van der Waals surface area contributed by atoms with E-state index in [2.05, 4.69) is 15.3 Å². The van der Waals surface area contributed by atoms with Crippen molar-refractivity contribution >= 4 is 33.5 Å². The molecule has 1 saturated carbocycles. The number of carbonyl (C=O) groups is 2. The summed E-state index contributed by atoms with van der Waals surface area (Å²) in [6.07, 6.45) is 1.19. The minimum Gasteiger partial charge on any atom is -0.444 e. The molecule has 47 heavy (non-hydrogen) atoms. The summed E-state index contributed by atoms with van der Waals surface area (Å²) in [5.74, 6) is -2.70. The number of hydrogen-bond acceptors (Lipinski definition) is 8. The number of nitrogens with zero attached hydrogens (tertiary/aromatic N) is 5. The summed E-state index contributed by atoms with van der Waals surface area (Å²) in [5.41, 5.74) is -0.667. The van der Waals surface area contributed by atoms with Crippen LogP contribution in [-0.4, -0.2) is 79.1 Å². The predicted octanol–water partition coefficient (Wildman–Crippen LogP) is 4.64. The average molecular weight is 669 g/mol. The lowest BCUT2D eigenvalue weighted by atomic mass is 10.0. The molecule has 3 heterocycles. The molecule has 11 nitrogen and oxygen atoms in total. The van der Waals surface area contributed by atoms with Gasteiger partial charge in [-0.15, -0.1) is 0 Å². The van der Waals surface area contributed by atoms with Gasteiger partial charge in [-0.3, -0.25) is 4.79 Å². The highest BCUT2D eigenvalue weighted by atomic mass is 32.2. The van der Waals surface area contributed by atoms with Crippen molar-refractivity contribution < 1.29 is 31.5 Å². The van der Waals surface area contributed by atoms with Gasteiger partial charge in [0.05, 0.1) is 10.9 Å². The van der Waals surface area contributed by atoms with E-state index in [0.29, 0.717) is 17.3 Å². The van der Waals surface area contributed by atoms with Crippen LogP contribution in [0.5, 0.6) is 0 Å². The molecule has 1 N–H and O–H groups in total. The van der Waals surface area contributed by atoms with E-state index in [-0.39, 0.29) is 67.1 Å². The number of piperazine rings is 1. The lowest BCUT2D eigenvalue weighted by Gasteiger charge is -2.35. The molecule has 1 aromatic heterocycles. The number of ether oxygens (including phenoxy) is 1. The molecule has 3 aromatic rings. The number of hydrogen-bond donors (Lipinski definition) is 1. The van der Waals surface area contributed by atoms with Crippen LogP contribution in [-0.2, 0) is 25.5 Å². The third-order valence-corrected chi connectivity index (χ3v) is 10.2. The van der Waals surface area contributed by atoms with Crippen LogP contribution in [0.2, 0.25) is 0 Å². The van der Waals surface area contributed by atoms with Gasteiger partial charge in [0.15, 0.2) is 0 Å². The topological polar surface area (TPSA) is 125 Å². The van der Waals surface area contributed by atoms with Gasteiger partial charge in [0.25, 0.3) is 0 Å². The SMILES string of the molecule is CC(C)(C)OC(=O)NC1CC(=O)N(c2ccc(S(=O)(=O)N3CCN(c4cc(C(F)(F)c5ccccc5)nc(C5CC5)n4)CC3)cc2)C1. The lowest BCUT2D eigenvalue weighted by molar-refractivity contribution is -0.117. The Morgan fingerprint density at radius 1 is 0.957 bits per heavy atom. The summed E-state index contributed by atoms with van der Waals surface area (Å²) in [4.78, 5) is 37.1. The number of amides is 2. The first-order valence-corrected chi connectivity index (χ1v) is 17.1. The number of benzene rings is 2. The largest absolute Gasteiger partial charge is 0.444 e. The molecule has 14 heteroatoms. The minimum atomic E-state index is -3.87. The van der Waals surface area contributed by atoms with Gasteiger partial charge in [-0.2, -0.15) is 13.1 Å². The van der Waals surface area contributed by atoms with Gasteiger partial charge in [-0.25, -0.2) is 23.2 Å². The maximum Gasteiger partial charge on any atom is 0.407 e. The molecule has 250 valence electrons. The number of anilines is 2. The van der Waals surface area contributed by atoms with Crippen LogP contribution in [0.15, 0.2) is 65.6 Å². The number of rotatable bonds is 8. The Labute approximate surface area is 273 Å². The third-order valence-electron chi connectivity index (χ3n) is 8.33. The Hall–Kier alpha value is -4.17. The lowest BCUT2D eigenvalue weighted by Crippen LogP contribution is -2.49. The Kier molecular flexibility index (Phi) is 8.68. The third kappa shape index (κ3) is 7.23. The molecule has 0 bridgehead atoms. The first-order valence-electron chi connectivity index (χ1n) is 15.7. The molecule has 0 radical (unpaired) electrons. The Morgan fingerprint density at radius 3 is 2.23 bits per heavy atom. The van der Waals surface area contributed by atoms with Crippen LogP contribution in [0.25, 0.3) is 0 Å². The monoisotopic (exact) mass is 668 g/mol. The van der Waals surface area contributed by atoms with E-state index in [4.69, 9.17) is 4.74 Å². The molecule has 6 rings (SSSR count). The molecule has 2 saturated heterocycles. The molecule has 0 spiro atoms. The van der Waals surface area contributed by atoms with Crippen molar-refractivity contribution in [2.75, 3.05) is 42.5 Å². The highest BCUT2D eigenvalue weighted by Gasteiger charge is 2.39. The summed E-state index contributed by atoms with van der Waals surface area (Å²) in [7, 11) is -3.87. The second-order valence-electron chi connectivity index (χ2n) is 13.1. The van der Waals surface area contributed by atoms with Gasteiger partial charge in [0.2, 0.25) is 15.9 Å². The Morgan fingerprint density at radius 2 is 1.62 bits per heavy atom. The van der Waals surface area contributed by atoms with Crippen LogP contribution < -0.4 is 15.1 Å². The molecule has 2 aliphatic heterocycles. The van der Waals surface area contributed by atoms with Crippen LogP contribution in [0.4, 0.5) is 25.1 Å². The molecule has 3 aliphatic rings. The fourth-order valence-corrected chi connectivity index (χ4v) is 7.15. The van der Waals surface area contributed by atoms with E-state index in [1.165, 1.54) is 39.5 Å². The van der Waals surface area contributed by atoms with Gasteiger partial charge in [-0.1, -0.05) is 30.3 Å². The van der Waals surface area contributed by atoms with Gasteiger partial charge < -0.3 is 19.9 Å². The van der Waals surface area contributed by atoms with Crippen molar-refractivity contribution in [1.29, 1.82) is 0 Å². The normalized spacial score (nSPS) is 19.6. The van der Waals surface area contributed by atoms with E-state index in [9.17, 15) is 18.0 Å². The average Bonchev–Trinajstić information content (AvgIpc) is 3.83. The summed E-state index contributed by atoms with van der Waals surface area (Å²) in [5, 5.41) is 2.71. The van der Waals surface area contributed by atoms with Gasteiger partial charge in [0, 0.05) is 62.4 Å². The summed E-state index contributed by atoms with van der Waals surface area (Å²) < 4.78 is 64.8. The first kappa shape index (κ1) is 32.8. The predicted molar refractivity (Wildman–Crippen MR) is 171 cm³/mol. The molecule has 2 amide bonds. The van der Waals surface area contributed by atoms with Crippen LogP contribution >= 0.6 is 0 Å². The highest BCUT2D eigenvalue weighted by Crippen LogP contribution is 2.42. The van der Waals surface area contributed by atoms with Crippen molar-refractivity contribution in [1.82, 2.24) is 19.6 Å². The number of halogens is 2. The quantitative estimate of drug-likeness (QED) is 0.369. The molecular formula is C33H38F2N6O5S. The van der Waals surface area contributed by atoms with Gasteiger partial charge >= 0.3 is 12.0 Å². The van der Waals surface area contributed by atoms with Gasteiger partial charge in [0.1, 0.15) is 22.9 Å². The van der Waals surface area contributed by atoms with Crippen molar-refractivity contribution in [3.63, 3.8) is 0 Å². The minimum absolute atomic E-state index is 0.0490. The second kappa shape index (κ2) is 12.5. The summed E-state index contributed by atoms with van der Waals surface area (Å²) in [6.45, 7) is 6.30. The summed E-state index contributed by atoms with van der Waals surface area (Å²) in [6, 6.07) is 14.5. The Balaban J connectivity index is 1.11. The molecule has 1 unspecified atom stereocenters. The number of carbonyl (C=O) groups excluding carboxylic acids is 2. The number of nitrogens with one attached hydrogen (secondary N) is 1.